The number of nitrogens with two attached hydrogens (primary N) is 2. The number of carboxylic acids is 1. The second-order valence-corrected chi connectivity index (χ2v) is 5.30. The molecule has 1 aromatic rings. The molecule has 7 heteroatoms. The van der Waals surface area contributed by atoms with Crippen molar-refractivity contribution in [2.24, 2.45) is 17.4 Å². The van der Waals surface area contributed by atoms with Crippen LogP contribution in [0.3, 0.4) is 0 Å². The molecule has 6 N–H and O–H groups in total. The smallest absolute Gasteiger partial charge is 0.320 e. The first-order chi connectivity index (χ1) is 10.8. The molecule has 0 aliphatic rings. The van der Waals surface area contributed by atoms with Crippen LogP contribution < -0.4 is 16.2 Å². The van der Waals surface area contributed by atoms with Crippen molar-refractivity contribution in [1.29, 1.82) is 0 Å². The minimum Gasteiger partial charge on any atom is -0.492 e. The van der Waals surface area contributed by atoms with Crippen molar-refractivity contribution in [2.75, 3.05) is 13.2 Å². The van der Waals surface area contributed by atoms with E-state index < -0.39 is 18.1 Å². The number of carbonyl (C=O) groups is 2. The lowest BCUT2D eigenvalue weighted by Gasteiger charge is -2.09. The molecule has 0 heterocycles. The number of aldehydes is 1. The maximum atomic E-state index is 10.6. The van der Waals surface area contributed by atoms with Crippen molar-refractivity contribution < 1.29 is 24.5 Å². The molecule has 0 amide bonds. The van der Waals surface area contributed by atoms with Crippen LogP contribution in [0, 0.1) is 5.92 Å². The molecule has 0 bridgehead atoms. The van der Waals surface area contributed by atoms with Crippen LogP contribution in [-0.2, 0) is 16.0 Å². The van der Waals surface area contributed by atoms with Gasteiger partial charge in [0.15, 0.2) is 0 Å². The highest BCUT2D eigenvalue weighted by molar-refractivity contribution is 5.73. The standard InChI is InChI=1S/C11H16N2O3.C5H10O2/c12-4-5-16-9-3-1-2-8(6-9)7-10(13)11(14)15;1-4(2)5(7)3-6/h1-3,6,10H,4-5,7,12-13H2,(H,14,15);3-5,7H,1-2H3/t10-;/m0./s1. The van der Waals surface area contributed by atoms with E-state index >= 15 is 0 Å². The van der Waals surface area contributed by atoms with Crippen molar-refractivity contribution in [2.45, 2.75) is 32.4 Å². The fourth-order valence-electron chi connectivity index (χ4n) is 1.44. The van der Waals surface area contributed by atoms with E-state index in [-0.39, 0.29) is 12.3 Å². The Morgan fingerprint density at radius 1 is 1.39 bits per heavy atom. The fraction of sp³-hybridized carbons (Fsp3) is 0.500. The predicted octanol–water partition coefficient (Wildman–Crippen LogP) is 0.181. The van der Waals surface area contributed by atoms with E-state index in [0.717, 1.165) is 5.56 Å². The van der Waals surface area contributed by atoms with Crippen LogP contribution in [0.5, 0.6) is 5.75 Å². The quantitative estimate of drug-likeness (QED) is 0.500. The molecule has 130 valence electrons. The summed E-state index contributed by atoms with van der Waals surface area (Å²) in [5, 5.41) is 17.2. The molecule has 0 fully saturated rings. The third-order valence-corrected chi connectivity index (χ3v) is 2.88. The first-order valence-corrected chi connectivity index (χ1v) is 7.35. The number of ether oxygens (including phenoxy) is 1. The number of rotatable bonds is 8. The van der Waals surface area contributed by atoms with Crippen LogP contribution in [0.2, 0.25) is 0 Å². The summed E-state index contributed by atoms with van der Waals surface area (Å²) in [6.45, 7) is 4.46. The van der Waals surface area contributed by atoms with Crippen LogP contribution in [0.4, 0.5) is 0 Å². The fourth-order valence-corrected chi connectivity index (χ4v) is 1.44. The lowest BCUT2D eigenvalue weighted by molar-refractivity contribution is -0.138. The Labute approximate surface area is 136 Å². The Morgan fingerprint density at radius 2 is 2.04 bits per heavy atom. The summed E-state index contributed by atoms with van der Waals surface area (Å²) in [6, 6.07) is 6.31. The summed E-state index contributed by atoms with van der Waals surface area (Å²) in [5.41, 5.74) is 11.6. The van der Waals surface area contributed by atoms with Crippen LogP contribution >= 0.6 is 0 Å². The highest BCUT2D eigenvalue weighted by atomic mass is 16.5. The Bertz CT molecular complexity index is 479. The van der Waals surface area contributed by atoms with Gasteiger partial charge in [0.2, 0.25) is 0 Å². The number of hydrogen-bond donors (Lipinski definition) is 4. The minimum absolute atomic E-state index is 0.0532. The number of hydrogen-bond acceptors (Lipinski definition) is 6. The Hall–Kier alpha value is -1.96. The number of aliphatic carboxylic acids is 1. The molecule has 7 nitrogen and oxygen atoms in total. The van der Waals surface area contributed by atoms with Gasteiger partial charge in [-0.25, -0.2) is 0 Å². The highest BCUT2D eigenvalue weighted by Crippen LogP contribution is 2.14. The van der Waals surface area contributed by atoms with Crippen molar-refractivity contribution in [3.05, 3.63) is 29.8 Å². The van der Waals surface area contributed by atoms with E-state index in [0.29, 0.717) is 25.2 Å². The molecule has 0 aliphatic carbocycles. The van der Waals surface area contributed by atoms with Crippen LogP contribution in [-0.4, -0.2) is 47.8 Å². The van der Waals surface area contributed by atoms with Gasteiger partial charge >= 0.3 is 5.97 Å². The molecule has 2 atom stereocenters. The molecular weight excluding hydrogens is 300 g/mol. The number of benzene rings is 1. The third kappa shape index (κ3) is 9.62. The molecule has 0 radical (unpaired) electrons. The maximum Gasteiger partial charge on any atom is 0.320 e. The van der Waals surface area contributed by atoms with Crippen LogP contribution in [0.1, 0.15) is 19.4 Å². The number of carbonyl (C=O) groups excluding carboxylic acids is 1. The maximum absolute atomic E-state index is 10.6. The molecule has 1 aromatic carbocycles. The van der Waals surface area contributed by atoms with Crippen molar-refractivity contribution in [3.8, 4) is 5.75 Å². The topological polar surface area (TPSA) is 136 Å². The summed E-state index contributed by atoms with van der Waals surface area (Å²) in [5.74, 6) is -0.272. The van der Waals surface area contributed by atoms with Crippen LogP contribution in [0.25, 0.3) is 0 Å². The van der Waals surface area contributed by atoms with Crippen LogP contribution in [0.15, 0.2) is 24.3 Å². The van der Waals surface area contributed by atoms with Gasteiger partial charge in [-0.3, -0.25) is 4.79 Å². The second kappa shape index (κ2) is 11.6. The van der Waals surface area contributed by atoms with Gasteiger partial charge in [0, 0.05) is 6.54 Å². The molecule has 23 heavy (non-hydrogen) atoms. The van der Waals surface area contributed by atoms with E-state index in [1.807, 2.05) is 6.07 Å². The summed E-state index contributed by atoms with van der Waals surface area (Å²) in [7, 11) is 0. The summed E-state index contributed by atoms with van der Waals surface area (Å²) in [4.78, 5) is 20.3. The average molecular weight is 326 g/mol. The Kier molecular flexibility index (Phi) is 10.6. The Morgan fingerprint density at radius 3 is 2.48 bits per heavy atom. The van der Waals surface area contributed by atoms with Gasteiger partial charge in [-0.1, -0.05) is 26.0 Å². The minimum atomic E-state index is -1.01. The molecule has 0 saturated carbocycles. The molecule has 0 aliphatic heterocycles. The van der Waals surface area contributed by atoms with E-state index in [1.54, 1.807) is 32.0 Å². The summed E-state index contributed by atoms with van der Waals surface area (Å²) in [6.07, 6.45) is 0.0554. The van der Waals surface area contributed by atoms with Gasteiger partial charge in [-0.05, 0) is 30.0 Å². The van der Waals surface area contributed by atoms with Crippen molar-refractivity contribution in [1.82, 2.24) is 0 Å². The molecule has 0 aromatic heterocycles. The third-order valence-electron chi connectivity index (χ3n) is 2.88. The molecule has 1 rings (SSSR count). The Balaban J connectivity index is 0.000000585. The van der Waals surface area contributed by atoms with Gasteiger partial charge < -0.3 is 31.2 Å². The van der Waals surface area contributed by atoms with Gasteiger partial charge in [-0.2, -0.15) is 0 Å². The van der Waals surface area contributed by atoms with E-state index in [2.05, 4.69) is 0 Å². The second-order valence-electron chi connectivity index (χ2n) is 5.30. The largest absolute Gasteiger partial charge is 0.492 e. The lowest BCUT2D eigenvalue weighted by atomic mass is 10.1. The molecule has 0 saturated heterocycles. The van der Waals surface area contributed by atoms with E-state index in [1.165, 1.54) is 0 Å². The highest BCUT2D eigenvalue weighted by Gasteiger charge is 2.12. The van der Waals surface area contributed by atoms with E-state index in [9.17, 15) is 9.59 Å². The SMILES string of the molecule is CC(C)C(O)C=O.NCCOc1cccc(C[C@H](N)C(=O)O)c1. The van der Waals surface area contributed by atoms with Gasteiger partial charge in [0.1, 0.15) is 30.8 Å². The molecule has 1 unspecified atom stereocenters. The molecule has 0 spiro atoms. The number of carboxylic acid groups (broad SMARTS) is 1. The van der Waals surface area contributed by atoms with Crippen molar-refractivity contribution >= 4 is 12.3 Å². The zero-order valence-electron chi connectivity index (χ0n) is 13.5. The van der Waals surface area contributed by atoms with E-state index in [4.69, 9.17) is 26.4 Å². The van der Waals surface area contributed by atoms with Gasteiger partial charge in [0.05, 0.1) is 0 Å². The van der Waals surface area contributed by atoms with Crippen molar-refractivity contribution in [3.63, 3.8) is 0 Å². The normalized spacial score (nSPS) is 12.8. The zero-order chi connectivity index (χ0) is 17.8. The van der Waals surface area contributed by atoms with Gasteiger partial charge in [0.25, 0.3) is 0 Å². The number of aliphatic hydroxyl groups is 1. The number of aliphatic hydroxyl groups excluding tert-OH is 1. The summed E-state index contributed by atoms with van der Waals surface area (Å²) < 4.78 is 5.32. The first kappa shape index (κ1) is 21.0. The summed E-state index contributed by atoms with van der Waals surface area (Å²) >= 11 is 0. The molecular formula is C16H26N2O5. The predicted molar refractivity (Wildman–Crippen MR) is 87.2 cm³/mol. The monoisotopic (exact) mass is 326 g/mol. The van der Waals surface area contributed by atoms with Gasteiger partial charge in [-0.15, -0.1) is 0 Å². The first-order valence-electron chi connectivity index (χ1n) is 7.35. The average Bonchev–Trinajstić information content (AvgIpc) is 2.52. The lowest BCUT2D eigenvalue weighted by Crippen LogP contribution is -2.32. The zero-order valence-corrected chi connectivity index (χ0v) is 13.5.